The third-order valence-electron chi connectivity index (χ3n) is 5.20. The number of nitrogens with one attached hydrogen (secondary N) is 2. The molecule has 3 aromatic rings. The first-order valence-corrected chi connectivity index (χ1v) is 11.8. The number of aryl methyl sites for hydroxylation is 2. The normalized spacial score (nSPS) is 10.7. The molecule has 1 heterocycles. The number of carbonyl (C=O) groups excluding carboxylic acids is 3. The van der Waals surface area contributed by atoms with E-state index >= 15 is 0 Å². The molecule has 0 unspecified atom stereocenters. The van der Waals surface area contributed by atoms with Crippen molar-refractivity contribution in [2.45, 2.75) is 52.9 Å². The van der Waals surface area contributed by atoms with Crippen molar-refractivity contribution in [1.82, 2.24) is 5.16 Å². The Hall–Kier alpha value is -4.14. The van der Waals surface area contributed by atoms with E-state index in [0.29, 0.717) is 29.5 Å². The lowest BCUT2D eigenvalue weighted by Crippen LogP contribution is -2.21. The lowest BCUT2D eigenvalue weighted by atomic mass is 10.0. The topological polar surface area (TPSA) is 120 Å². The largest absolute Gasteiger partial charge is 0.457 e. The third-order valence-corrected chi connectivity index (χ3v) is 5.20. The van der Waals surface area contributed by atoms with Gasteiger partial charge >= 0.3 is 5.97 Å². The molecular weight excluding hydrogens is 462 g/mol. The van der Waals surface area contributed by atoms with Crippen molar-refractivity contribution in [1.29, 1.82) is 0 Å². The van der Waals surface area contributed by atoms with E-state index in [2.05, 4.69) is 41.8 Å². The molecule has 0 spiro atoms. The average molecular weight is 494 g/mol. The van der Waals surface area contributed by atoms with Gasteiger partial charge in [0.2, 0.25) is 5.91 Å². The van der Waals surface area contributed by atoms with E-state index in [-0.39, 0.29) is 24.6 Å². The Labute approximate surface area is 210 Å². The maximum Gasteiger partial charge on any atom is 0.306 e. The molecule has 2 aromatic carbocycles. The molecule has 0 aliphatic rings. The Bertz CT molecular complexity index is 1200. The smallest absolute Gasteiger partial charge is 0.306 e. The summed E-state index contributed by atoms with van der Waals surface area (Å²) in [5.74, 6) is 1.31. The zero-order valence-electron chi connectivity index (χ0n) is 20.9. The second kappa shape index (κ2) is 12.5. The summed E-state index contributed by atoms with van der Waals surface area (Å²) in [5, 5.41) is 8.87. The van der Waals surface area contributed by atoms with Gasteiger partial charge in [0.15, 0.2) is 12.4 Å². The maximum absolute atomic E-state index is 12.2. The number of ether oxygens (including phenoxy) is 2. The van der Waals surface area contributed by atoms with E-state index in [1.165, 1.54) is 0 Å². The van der Waals surface area contributed by atoms with Crippen LogP contribution in [0.15, 0.2) is 53.1 Å². The number of hydrogen-bond acceptors (Lipinski definition) is 7. The molecule has 0 saturated heterocycles. The Morgan fingerprint density at radius 1 is 0.944 bits per heavy atom. The zero-order chi connectivity index (χ0) is 26.1. The number of hydrogen-bond donors (Lipinski definition) is 2. The minimum atomic E-state index is -0.562. The van der Waals surface area contributed by atoms with Gasteiger partial charge in [-0.1, -0.05) is 31.1 Å². The number of rotatable bonds is 11. The summed E-state index contributed by atoms with van der Waals surface area (Å²) in [7, 11) is 0. The minimum Gasteiger partial charge on any atom is -0.457 e. The van der Waals surface area contributed by atoms with Crippen molar-refractivity contribution in [3.8, 4) is 11.5 Å². The number of aromatic nitrogens is 1. The monoisotopic (exact) mass is 493 g/mol. The average Bonchev–Trinajstić information content (AvgIpc) is 3.23. The molecule has 0 saturated carbocycles. The zero-order valence-corrected chi connectivity index (χ0v) is 20.9. The highest BCUT2D eigenvalue weighted by Gasteiger charge is 2.12. The summed E-state index contributed by atoms with van der Waals surface area (Å²) in [4.78, 5) is 35.8. The van der Waals surface area contributed by atoms with Crippen molar-refractivity contribution < 1.29 is 28.4 Å². The summed E-state index contributed by atoms with van der Waals surface area (Å²) in [6, 6.07) is 14.8. The molecule has 3 rings (SSSR count). The van der Waals surface area contributed by atoms with E-state index in [0.717, 1.165) is 16.9 Å². The number of benzene rings is 2. The predicted molar refractivity (Wildman–Crippen MR) is 135 cm³/mol. The van der Waals surface area contributed by atoms with E-state index in [4.69, 9.17) is 14.0 Å². The van der Waals surface area contributed by atoms with Gasteiger partial charge in [-0.3, -0.25) is 14.4 Å². The predicted octanol–water partition coefficient (Wildman–Crippen LogP) is 5.50. The van der Waals surface area contributed by atoms with Gasteiger partial charge in [-0.05, 0) is 67.6 Å². The van der Waals surface area contributed by atoms with Crippen LogP contribution < -0.4 is 15.4 Å². The van der Waals surface area contributed by atoms with Gasteiger partial charge in [0.25, 0.3) is 5.91 Å². The highest BCUT2D eigenvalue weighted by molar-refractivity contribution is 5.92. The van der Waals surface area contributed by atoms with Crippen LogP contribution in [0.3, 0.4) is 0 Å². The van der Waals surface area contributed by atoms with Crippen LogP contribution >= 0.6 is 0 Å². The van der Waals surface area contributed by atoms with Crippen molar-refractivity contribution in [3.05, 3.63) is 65.4 Å². The van der Waals surface area contributed by atoms with Gasteiger partial charge in [0.05, 0.1) is 0 Å². The van der Waals surface area contributed by atoms with Gasteiger partial charge in [0.1, 0.15) is 17.3 Å². The molecule has 0 fully saturated rings. The van der Waals surface area contributed by atoms with Gasteiger partial charge in [0, 0.05) is 24.6 Å². The lowest BCUT2D eigenvalue weighted by molar-refractivity contribution is -0.147. The Morgan fingerprint density at radius 3 is 2.36 bits per heavy atom. The molecule has 0 aliphatic carbocycles. The molecule has 0 atom stereocenters. The fraction of sp³-hybridized carbons (Fsp3) is 0.333. The number of esters is 1. The van der Waals surface area contributed by atoms with Crippen LogP contribution in [0, 0.1) is 13.8 Å². The standard InChI is InChI=1S/C27H31N3O6/c1-17(2)22-13-8-18(3)14-23(22)35-21-11-9-20(10-12-21)28-25(31)6-5-7-27(33)34-16-26(32)29-24-15-19(4)36-30-24/h8-15,17H,5-7,16H2,1-4H3,(H,28,31)(H,29,30,32). The van der Waals surface area contributed by atoms with Crippen LogP contribution in [0.25, 0.3) is 0 Å². The molecular formula is C27H31N3O6. The van der Waals surface area contributed by atoms with Crippen molar-refractivity contribution in [2.24, 2.45) is 0 Å². The van der Waals surface area contributed by atoms with Gasteiger partial charge in [-0.15, -0.1) is 0 Å². The molecule has 190 valence electrons. The van der Waals surface area contributed by atoms with Gasteiger partial charge in [-0.25, -0.2) is 0 Å². The second-order valence-electron chi connectivity index (χ2n) is 8.76. The molecule has 36 heavy (non-hydrogen) atoms. The van der Waals surface area contributed by atoms with E-state index in [9.17, 15) is 14.4 Å². The summed E-state index contributed by atoms with van der Waals surface area (Å²) >= 11 is 0. The molecule has 0 radical (unpaired) electrons. The summed E-state index contributed by atoms with van der Waals surface area (Å²) in [6.45, 7) is 7.51. The van der Waals surface area contributed by atoms with Crippen molar-refractivity contribution in [3.63, 3.8) is 0 Å². The minimum absolute atomic E-state index is 0.0191. The Morgan fingerprint density at radius 2 is 1.69 bits per heavy atom. The summed E-state index contributed by atoms with van der Waals surface area (Å²) in [6.07, 6.45) is 0.450. The number of anilines is 2. The van der Waals surface area contributed by atoms with Gasteiger partial charge < -0.3 is 24.6 Å². The third kappa shape index (κ3) is 8.26. The molecule has 9 nitrogen and oxygen atoms in total. The highest BCUT2D eigenvalue weighted by atomic mass is 16.5. The molecule has 1 aromatic heterocycles. The number of amides is 2. The van der Waals surface area contributed by atoms with Crippen LogP contribution in [0.4, 0.5) is 11.5 Å². The lowest BCUT2D eigenvalue weighted by Gasteiger charge is -2.15. The van der Waals surface area contributed by atoms with Crippen LogP contribution in [0.2, 0.25) is 0 Å². The number of nitrogens with zero attached hydrogens (tertiary/aromatic N) is 1. The molecule has 0 aliphatic heterocycles. The fourth-order valence-electron chi connectivity index (χ4n) is 3.38. The fourth-order valence-corrected chi connectivity index (χ4v) is 3.38. The van der Waals surface area contributed by atoms with Crippen molar-refractivity contribution in [2.75, 3.05) is 17.2 Å². The molecule has 9 heteroatoms. The first kappa shape index (κ1) is 26.5. The van der Waals surface area contributed by atoms with E-state index in [1.807, 2.05) is 13.0 Å². The SMILES string of the molecule is Cc1ccc(C(C)C)c(Oc2ccc(NC(=O)CCCC(=O)OCC(=O)Nc3cc(C)on3)cc2)c1. The van der Waals surface area contributed by atoms with Gasteiger partial charge in [-0.2, -0.15) is 0 Å². The second-order valence-corrected chi connectivity index (χ2v) is 8.76. The number of carbonyl (C=O) groups is 3. The maximum atomic E-state index is 12.2. The molecule has 0 bridgehead atoms. The van der Waals surface area contributed by atoms with Crippen LogP contribution in [-0.2, 0) is 19.1 Å². The Balaban J connectivity index is 1.38. The van der Waals surface area contributed by atoms with Crippen LogP contribution in [-0.4, -0.2) is 29.5 Å². The summed E-state index contributed by atoms with van der Waals surface area (Å²) < 4.78 is 15.8. The molecule has 2 amide bonds. The van der Waals surface area contributed by atoms with Crippen LogP contribution in [0.1, 0.15) is 55.9 Å². The summed E-state index contributed by atoms with van der Waals surface area (Å²) in [5.41, 5.74) is 2.87. The first-order valence-electron chi connectivity index (χ1n) is 11.8. The van der Waals surface area contributed by atoms with E-state index < -0.39 is 18.5 Å². The van der Waals surface area contributed by atoms with Crippen molar-refractivity contribution >= 4 is 29.3 Å². The first-order chi connectivity index (χ1) is 17.2. The molecule has 2 N–H and O–H groups in total. The van der Waals surface area contributed by atoms with E-state index in [1.54, 1.807) is 37.3 Å². The highest BCUT2D eigenvalue weighted by Crippen LogP contribution is 2.32. The quantitative estimate of drug-likeness (QED) is 0.339. The Kier molecular flexibility index (Phi) is 9.21. The van der Waals surface area contributed by atoms with Crippen LogP contribution in [0.5, 0.6) is 11.5 Å².